The average molecular weight is 663 g/mol. The van der Waals surface area contributed by atoms with E-state index in [-0.39, 0.29) is 28.8 Å². The normalized spacial score (nSPS) is 11.8. The molecular formula is C30H36BrN3O7S. The van der Waals surface area contributed by atoms with Gasteiger partial charge in [0, 0.05) is 23.6 Å². The zero-order valence-corrected chi connectivity index (χ0v) is 26.7. The van der Waals surface area contributed by atoms with E-state index in [4.69, 9.17) is 14.2 Å². The van der Waals surface area contributed by atoms with E-state index in [9.17, 15) is 18.0 Å². The second kappa shape index (κ2) is 14.9. The van der Waals surface area contributed by atoms with E-state index in [2.05, 4.69) is 21.2 Å². The lowest BCUT2D eigenvalue weighted by Gasteiger charge is -2.32. The zero-order valence-electron chi connectivity index (χ0n) is 24.3. The van der Waals surface area contributed by atoms with Crippen LogP contribution >= 0.6 is 15.9 Å². The Morgan fingerprint density at radius 1 is 0.929 bits per heavy atom. The summed E-state index contributed by atoms with van der Waals surface area (Å²) in [6.45, 7) is 5.60. The van der Waals surface area contributed by atoms with Gasteiger partial charge in [-0.2, -0.15) is 0 Å². The Kier molecular flexibility index (Phi) is 11.6. The smallest absolute Gasteiger partial charge is 0.264 e. The summed E-state index contributed by atoms with van der Waals surface area (Å²) in [4.78, 5) is 28.1. The molecule has 0 saturated heterocycles. The van der Waals surface area contributed by atoms with Crippen LogP contribution in [0.1, 0.15) is 26.3 Å². The van der Waals surface area contributed by atoms with Gasteiger partial charge >= 0.3 is 0 Å². The highest BCUT2D eigenvalue weighted by Gasteiger charge is 2.33. The first-order valence-corrected chi connectivity index (χ1v) is 15.6. The molecule has 1 atom stereocenters. The van der Waals surface area contributed by atoms with E-state index < -0.39 is 28.5 Å². The average Bonchev–Trinajstić information content (AvgIpc) is 2.99. The zero-order chi connectivity index (χ0) is 30.9. The summed E-state index contributed by atoms with van der Waals surface area (Å²) < 4.78 is 46.2. The lowest BCUT2D eigenvalue weighted by atomic mass is 10.1. The molecule has 0 saturated carbocycles. The summed E-state index contributed by atoms with van der Waals surface area (Å²) in [7, 11) is -1.44. The third kappa shape index (κ3) is 7.95. The SMILES string of the molecule is CCNC(=O)[C@H](C)N(Cc1ccc(Br)cc1)C(=O)CN(c1ccc(OCC)cc1)S(=O)(=O)c1ccc(OC)c(OC)c1. The molecule has 0 bridgehead atoms. The van der Waals surface area contributed by atoms with Crippen LogP contribution in [0.3, 0.4) is 0 Å². The van der Waals surface area contributed by atoms with Crippen LogP contribution in [-0.2, 0) is 26.2 Å². The Morgan fingerprint density at radius 3 is 2.14 bits per heavy atom. The number of methoxy groups -OCH3 is 2. The van der Waals surface area contributed by atoms with Crippen molar-refractivity contribution in [3.8, 4) is 17.2 Å². The molecule has 0 radical (unpaired) electrons. The van der Waals surface area contributed by atoms with Crippen molar-refractivity contribution in [1.82, 2.24) is 10.2 Å². The molecule has 0 aliphatic rings. The number of hydrogen-bond acceptors (Lipinski definition) is 7. The highest BCUT2D eigenvalue weighted by molar-refractivity contribution is 9.10. The number of ether oxygens (including phenoxy) is 3. The van der Waals surface area contributed by atoms with Crippen LogP contribution in [0.2, 0.25) is 0 Å². The molecule has 0 unspecified atom stereocenters. The fraction of sp³-hybridized carbons (Fsp3) is 0.333. The van der Waals surface area contributed by atoms with Crippen molar-refractivity contribution in [2.75, 3.05) is 38.2 Å². The van der Waals surface area contributed by atoms with Gasteiger partial charge in [-0.1, -0.05) is 28.1 Å². The Bertz CT molecular complexity index is 1470. The Morgan fingerprint density at radius 2 is 1.57 bits per heavy atom. The summed E-state index contributed by atoms with van der Waals surface area (Å²) >= 11 is 3.41. The third-order valence-corrected chi connectivity index (χ3v) is 8.74. The van der Waals surface area contributed by atoms with Crippen LogP contribution in [0.15, 0.2) is 76.1 Å². The fourth-order valence-electron chi connectivity index (χ4n) is 4.20. The summed E-state index contributed by atoms with van der Waals surface area (Å²) in [5.74, 6) is 0.223. The minimum atomic E-state index is -4.30. The maximum atomic E-state index is 14.1. The number of sulfonamides is 1. The largest absolute Gasteiger partial charge is 0.494 e. The molecule has 3 rings (SSSR count). The summed E-state index contributed by atoms with van der Waals surface area (Å²) in [5.41, 5.74) is 1.02. The van der Waals surface area contributed by atoms with Crippen LogP contribution in [-0.4, -0.2) is 65.1 Å². The highest BCUT2D eigenvalue weighted by atomic mass is 79.9. The van der Waals surface area contributed by atoms with Gasteiger partial charge in [-0.3, -0.25) is 13.9 Å². The van der Waals surface area contributed by atoms with Crippen LogP contribution in [0.5, 0.6) is 17.2 Å². The molecule has 42 heavy (non-hydrogen) atoms. The Hall–Kier alpha value is -3.77. The van der Waals surface area contributed by atoms with Crippen molar-refractivity contribution in [1.29, 1.82) is 0 Å². The molecule has 0 aliphatic heterocycles. The van der Waals surface area contributed by atoms with Crippen molar-refractivity contribution in [3.63, 3.8) is 0 Å². The number of likely N-dealkylation sites (N-methyl/N-ethyl adjacent to an activating group) is 1. The number of halogens is 1. The van der Waals surface area contributed by atoms with E-state index in [0.717, 1.165) is 14.3 Å². The lowest BCUT2D eigenvalue weighted by molar-refractivity contribution is -0.139. The molecular weight excluding hydrogens is 626 g/mol. The maximum absolute atomic E-state index is 14.1. The fourth-order valence-corrected chi connectivity index (χ4v) is 5.89. The van der Waals surface area contributed by atoms with Crippen LogP contribution < -0.4 is 23.8 Å². The molecule has 0 heterocycles. The predicted octanol–water partition coefficient (Wildman–Crippen LogP) is 4.61. The minimum Gasteiger partial charge on any atom is -0.494 e. The van der Waals surface area contributed by atoms with Crippen molar-refractivity contribution in [2.45, 2.75) is 38.3 Å². The minimum absolute atomic E-state index is 0.0952. The lowest BCUT2D eigenvalue weighted by Crippen LogP contribution is -2.51. The summed E-state index contributed by atoms with van der Waals surface area (Å²) in [6.07, 6.45) is 0. The topological polar surface area (TPSA) is 114 Å². The van der Waals surface area contributed by atoms with E-state index in [1.54, 1.807) is 38.1 Å². The number of benzene rings is 3. The molecule has 226 valence electrons. The molecule has 0 aliphatic carbocycles. The third-order valence-electron chi connectivity index (χ3n) is 6.44. The first-order chi connectivity index (χ1) is 20.0. The van der Waals surface area contributed by atoms with Crippen molar-refractivity contribution < 1.29 is 32.2 Å². The second-order valence-corrected chi connectivity index (χ2v) is 12.0. The number of anilines is 1. The van der Waals surface area contributed by atoms with Gasteiger partial charge in [-0.15, -0.1) is 0 Å². The van der Waals surface area contributed by atoms with Gasteiger partial charge in [0.2, 0.25) is 11.8 Å². The quantitative estimate of drug-likeness (QED) is 0.268. The van der Waals surface area contributed by atoms with Gasteiger partial charge in [0.25, 0.3) is 10.0 Å². The number of amides is 2. The van der Waals surface area contributed by atoms with Crippen molar-refractivity contribution in [2.24, 2.45) is 0 Å². The second-order valence-electron chi connectivity index (χ2n) is 9.17. The molecule has 0 fully saturated rings. The van der Waals surface area contributed by atoms with E-state index in [0.29, 0.717) is 24.7 Å². The number of carbonyl (C=O) groups excluding carboxylic acids is 2. The number of nitrogens with one attached hydrogen (secondary N) is 1. The molecule has 3 aromatic carbocycles. The van der Waals surface area contributed by atoms with Gasteiger partial charge in [-0.05, 0) is 74.9 Å². The van der Waals surface area contributed by atoms with Gasteiger partial charge < -0.3 is 24.4 Å². The van der Waals surface area contributed by atoms with Crippen molar-refractivity contribution >= 4 is 43.5 Å². The molecule has 1 N–H and O–H groups in total. The van der Waals surface area contributed by atoms with Gasteiger partial charge in [0.1, 0.15) is 18.3 Å². The van der Waals surface area contributed by atoms with Gasteiger partial charge in [0.05, 0.1) is 31.4 Å². The number of carbonyl (C=O) groups is 2. The van der Waals surface area contributed by atoms with Gasteiger partial charge in [-0.25, -0.2) is 8.42 Å². The number of hydrogen-bond donors (Lipinski definition) is 1. The van der Waals surface area contributed by atoms with E-state index >= 15 is 0 Å². The summed E-state index contributed by atoms with van der Waals surface area (Å²) in [6, 6.07) is 17.1. The first-order valence-electron chi connectivity index (χ1n) is 13.3. The van der Waals surface area contributed by atoms with Crippen LogP contribution in [0.4, 0.5) is 5.69 Å². The molecule has 0 spiro atoms. The molecule has 2 amide bonds. The Balaban J connectivity index is 2.07. The molecule has 0 aromatic heterocycles. The molecule has 10 nitrogen and oxygen atoms in total. The monoisotopic (exact) mass is 661 g/mol. The highest BCUT2D eigenvalue weighted by Crippen LogP contribution is 2.33. The number of rotatable bonds is 14. The van der Waals surface area contributed by atoms with E-state index in [1.807, 2.05) is 31.2 Å². The van der Waals surface area contributed by atoms with Crippen molar-refractivity contribution in [3.05, 3.63) is 76.8 Å². The molecule has 12 heteroatoms. The van der Waals surface area contributed by atoms with Crippen LogP contribution in [0.25, 0.3) is 0 Å². The van der Waals surface area contributed by atoms with Gasteiger partial charge in [0.15, 0.2) is 11.5 Å². The summed E-state index contributed by atoms with van der Waals surface area (Å²) in [5, 5.41) is 2.75. The maximum Gasteiger partial charge on any atom is 0.264 e. The molecule has 3 aromatic rings. The number of nitrogens with zero attached hydrogens (tertiary/aromatic N) is 2. The predicted molar refractivity (Wildman–Crippen MR) is 165 cm³/mol. The first kappa shape index (κ1) is 32.7. The van der Waals surface area contributed by atoms with Crippen LogP contribution in [0, 0.1) is 0 Å². The van der Waals surface area contributed by atoms with E-state index in [1.165, 1.54) is 37.3 Å². The standard InChI is InChI=1S/C30H36BrN3O7S/c1-6-32-30(36)21(3)33(19-22-8-10-23(31)11-9-22)29(35)20-34(24-12-14-25(15-13-24)41-7-2)42(37,38)26-16-17-27(39-4)28(18-26)40-5/h8-18,21H,6-7,19-20H2,1-5H3,(H,32,36)/t21-/m0/s1. The Labute approximate surface area is 255 Å².